The topological polar surface area (TPSA) is 12.0 Å². The lowest BCUT2D eigenvalue weighted by Crippen LogP contribution is -2.33. The van der Waals surface area contributed by atoms with Gasteiger partial charge in [-0.3, -0.25) is 0 Å². The quantitative estimate of drug-likeness (QED) is 0.822. The lowest BCUT2D eigenvalue weighted by molar-refractivity contribution is 0.457. The molecule has 1 N–H and O–H groups in total. The Morgan fingerprint density at radius 3 is 2.82 bits per heavy atom. The number of nitrogens with one attached hydrogen (secondary N) is 1. The van der Waals surface area contributed by atoms with Gasteiger partial charge in [-0.15, -0.1) is 0 Å². The van der Waals surface area contributed by atoms with E-state index in [4.69, 9.17) is 0 Å². The first kappa shape index (κ1) is 12.4. The zero-order chi connectivity index (χ0) is 11.9. The summed E-state index contributed by atoms with van der Waals surface area (Å²) >= 11 is 0. The van der Waals surface area contributed by atoms with Crippen molar-refractivity contribution in [1.82, 2.24) is 5.32 Å². The van der Waals surface area contributed by atoms with Gasteiger partial charge in [0.15, 0.2) is 0 Å². The van der Waals surface area contributed by atoms with Crippen molar-refractivity contribution in [2.24, 2.45) is 0 Å². The first-order chi connectivity index (χ1) is 8.40. The van der Waals surface area contributed by atoms with Gasteiger partial charge in [0.1, 0.15) is 0 Å². The molecule has 0 saturated heterocycles. The lowest BCUT2D eigenvalue weighted by atomic mass is 9.88. The summed E-state index contributed by atoms with van der Waals surface area (Å²) in [4.78, 5) is 0. The van der Waals surface area contributed by atoms with Gasteiger partial charge in [0.2, 0.25) is 0 Å². The molecule has 0 bridgehead atoms. The van der Waals surface area contributed by atoms with Crippen molar-refractivity contribution < 1.29 is 0 Å². The second kappa shape index (κ2) is 6.61. The highest BCUT2D eigenvalue weighted by molar-refractivity contribution is 5.54. The average molecular weight is 229 g/mol. The molecule has 0 aromatic heterocycles. The van der Waals surface area contributed by atoms with Crippen LogP contribution in [0.25, 0.3) is 6.08 Å². The van der Waals surface area contributed by atoms with Crippen LogP contribution >= 0.6 is 0 Å². The zero-order valence-corrected chi connectivity index (χ0v) is 10.8. The van der Waals surface area contributed by atoms with Gasteiger partial charge in [-0.25, -0.2) is 0 Å². The van der Waals surface area contributed by atoms with Crippen molar-refractivity contribution in [3.8, 4) is 0 Å². The SMILES string of the molecule is CCCNC1CCCC/C1=C/c1ccccc1. The highest BCUT2D eigenvalue weighted by Gasteiger charge is 2.17. The maximum absolute atomic E-state index is 3.67. The fraction of sp³-hybridized carbons (Fsp3) is 0.500. The van der Waals surface area contributed by atoms with E-state index in [1.807, 2.05) is 0 Å². The van der Waals surface area contributed by atoms with Crippen LogP contribution in [0.4, 0.5) is 0 Å². The first-order valence-corrected chi connectivity index (χ1v) is 6.89. The fourth-order valence-electron chi connectivity index (χ4n) is 2.53. The van der Waals surface area contributed by atoms with Crippen LogP contribution in [0.1, 0.15) is 44.6 Å². The predicted molar refractivity (Wildman–Crippen MR) is 75.0 cm³/mol. The van der Waals surface area contributed by atoms with E-state index in [1.165, 1.54) is 37.7 Å². The maximum atomic E-state index is 3.67. The minimum Gasteiger partial charge on any atom is -0.310 e. The van der Waals surface area contributed by atoms with Gasteiger partial charge >= 0.3 is 0 Å². The predicted octanol–water partition coefficient (Wildman–Crippen LogP) is 4.01. The van der Waals surface area contributed by atoms with Crippen molar-refractivity contribution in [3.05, 3.63) is 41.5 Å². The molecule has 1 heteroatoms. The van der Waals surface area contributed by atoms with E-state index in [1.54, 1.807) is 5.57 Å². The van der Waals surface area contributed by atoms with E-state index in [2.05, 4.69) is 48.6 Å². The van der Waals surface area contributed by atoms with Crippen LogP contribution < -0.4 is 5.32 Å². The van der Waals surface area contributed by atoms with Crippen molar-refractivity contribution in [2.75, 3.05) is 6.54 Å². The van der Waals surface area contributed by atoms with Gasteiger partial charge in [0.05, 0.1) is 0 Å². The molecular formula is C16H23N. The van der Waals surface area contributed by atoms with Crippen molar-refractivity contribution in [1.29, 1.82) is 0 Å². The Kier molecular flexibility index (Phi) is 4.81. The molecule has 0 amide bonds. The number of benzene rings is 1. The van der Waals surface area contributed by atoms with Crippen LogP contribution in [0, 0.1) is 0 Å². The van der Waals surface area contributed by atoms with E-state index in [9.17, 15) is 0 Å². The molecule has 2 rings (SSSR count). The molecule has 1 aromatic carbocycles. The van der Waals surface area contributed by atoms with Crippen molar-refractivity contribution in [2.45, 2.75) is 45.1 Å². The Labute approximate surface area is 105 Å². The third-order valence-electron chi connectivity index (χ3n) is 3.45. The Bertz CT molecular complexity index is 353. The standard InChI is InChI=1S/C16H23N/c1-2-12-17-16-11-7-6-10-15(16)13-14-8-4-3-5-9-14/h3-5,8-9,13,16-17H,2,6-7,10-12H2,1H3/b15-13-. The van der Waals surface area contributed by atoms with Crippen LogP contribution in [-0.4, -0.2) is 12.6 Å². The summed E-state index contributed by atoms with van der Waals surface area (Å²) in [6.45, 7) is 3.37. The highest BCUT2D eigenvalue weighted by Crippen LogP contribution is 2.25. The Morgan fingerprint density at radius 2 is 2.06 bits per heavy atom. The Hall–Kier alpha value is -1.08. The van der Waals surface area contributed by atoms with Crippen molar-refractivity contribution in [3.63, 3.8) is 0 Å². The van der Waals surface area contributed by atoms with E-state index in [0.717, 1.165) is 6.54 Å². The summed E-state index contributed by atoms with van der Waals surface area (Å²) in [5, 5.41) is 3.67. The van der Waals surface area contributed by atoms with Crippen molar-refractivity contribution >= 4 is 6.08 Å². The summed E-state index contributed by atoms with van der Waals surface area (Å²) in [6, 6.07) is 11.3. The molecule has 1 atom stereocenters. The largest absolute Gasteiger partial charge is 0.310 e. The van der Waals surface area contributed by atoms with Crippen LogP contribution in [0.3, 0.4) is 0 Å². The molecule has 1 saturated carbocycles. The maximum Gasteiger partial charge on any atom is 0.0282 e. The van der Waals surface area contributed by atoms with Gasteiger partial charge in [-0.2, -0.15) is 0 Å². The first-order valence-electron chi connectivity index (χ1n) is 6.89. The van der Waals surface area contributed by atoms with E-state index in [-0.39, 0.29) is 0 Å². The summed E-state index contributed by atoms with van der Waals surface area (Å²) in [7, 11) is 0. The highest BCUT2D eigenvalue weighted by atomic mass is 14.9. The summed E-state index contributed by atoms with van der Waals surface area (Å²) in [6.07, 6.45) is 8.88. The number of hydrogen-bond donors (Lipinski definition) is 1. The van der Waals surface area contributed by atoms with Crippen LogP contribution in [-0.2, 0) is 0 Å². The van der Waals surface area contributed by atoms with Gasteiger partial charge in [0.25, 0.3) is 0 Å². The molecule has 92 valence electrons. The molecule has 1 aromatic rings. The minimum atomic E-state index is 0.615. The molecule has 17 heavy (non-hydrogen) atoms. The van der Waals surface area contributed by atoms with E-state index < -0.39 is 0 Å². The van der Waals surface area contributed by atoms with Gasteiger partial charge in [-0.1, -0.05) is 55.3 Å². The molecule has 1 nitrogen and oxygen atoms in total. The molecule has 1 aliphatic rings. The molecular weight excluding hydrogens is 206 g/mol. The summed E-state index contributed by atoms with van der Waals surface area (Å²) < 4.78 is 0. The average Bonchev–Trinajstić information content (AvgIpc) is 2.39. The summed E-state index contributed by atoms with van der Waals surface area (Å²) in [5.74, 6) is 0. The monoisotopic (exact) mass is 229 g/mol. The molecule has 1 aliphatic carbocycles. The zero-order valence-electron chi connectivity index (χ0n) is 10.8. The number of rotatable bonds is 4. The van der Waals surface area contributed by atoms with Crippen LogP contribution in [0.2, 0.25) is 0 Å². The van der Waals surface area contributed by atoms with E-state index >= 15 is 0 Å². The third kappa shape index (κ3) is 3.71. The molecule has 0 spiro atoms. The van der Waals surface area contributed by atoms with E-state index in [0.29, 0.717) is 6.04 Å². The minimum absolute atomic E-state index is 0.615. The van der Waals surface area contributed by atoms with Gasteiger partial charge < -0.3 is 5.32 Å². The van der Waals surface area contributed by atoms with Crippen LogP contribution in [0.15, 0.2) is 35.9 Å². The second-order valence-corrected chi connectivity index (χ2v) is 4.88. The smallest absolute Gasteiger partial charge is 0.0282 e. The fourth-order valence-corrected chi connectivity index (χ4v) is 2.53. The Morgan fingerprint density at radius 1 is 1.24 bits per heavy atom. The summed E-state index contributed by atoms with van der Waals surface area (Å²) in [5.41, 5.74) is 2.93. The molecule has 0 radical (unpaired) electrons. The Balaban J connectivity index is 2.07. The second-order valence-electron chi connectivity index (χ2n) is 4.88. The molecule has 0 heterocycles. The van der Waals surface area contributed by atoms with Crippen LogP contribution in [0.5, 0.6) is 0 Å². The van der Waals surface area contributed by atoms with Gasteiger partial charge in [-0.05, 0) is 37.8 Å². The normalized spacial score (nSPS) is 22.9. The molecule has 1 unspecified atom stereocenters. The number of hydrogen-bond acceptors (Lipinski definition) is 1. The third-order valence-corrected chi connectivity index (χ3v) is 3.45. The lowest BCUT2D eigenvalue weighted by Gasteiger charge is -2.26. The van der Waals surface area contributed by atoms with Gasteiger partial charge in [0, 0.05) is 6.04 Å². The molecule has 0 aliphatic heterocycles. The molecule has 1 fully saturated rings.